The molecule has 1 aromatic carbocycles. The average molecular weight is 263 g/mol. The van der Waals surface area contributed by atoms with Crippen LogP contribution in [0, 0.1) is 0 Å². The Morgan fingerprint density at radius 1 is 1.33 bits per heavy atom. The largest absolute Gasteiger partial charge is 0.349 e. The highest BCUT2D eigenvalue weighted by Gasteiger charge is 2.10. The number of tetrazole rings is 1. The Morgan fingerprint density at radius 2 is 2.11 bits per heavy atom. The molecule has 5 nitrogen and oxygen atoms in total. The van der Waals surface area contributed by atoms with Gasteiger partial charge in [-0.15, -0.1) is 0 Å². The minimum absolute atomic E-state index is 0.336. The van der Waals surface area contributed by atoms with Gasteiger partial charge in [0.1, 0.15) is 0 Å². The van der Waals surface area contributed by atoms with Crippen LogP contribution in [0.4, 0.5) is 5.95 Å². The van der Waals surface area contributed by atoms with E-state index in [9.17, 15) is 0 Å². The minimum Gasteiger partial charge on any atom is -0.349 e. The standard InChI is InChI=1S/C12H17N5S/c1-3-18-9-10(2)13-12-14-15-16-17(12)11-7-5-4-6-8-11/h4-8,10H,3,9H2,1-2H3,(H,13,14,16). The number of hydrogen-bond acceptors (Lipinski definition) is 5. The lowest BCUT2D eigenvalue weighted by Crippen LogP contribution is -2.21. The first-order valence-electron chi connectivity index (χ1n) is 5.99. The maximum atomic E-state index is 4.02. The number of thioether (sulfide) groups is 1. The summed E-state index contributed by atoms with van der Waals surface area (Å²) in [7, 11) is 0. The first kappa shape index (κ1) is 12.9. The molecule has 0 bridgehead atoms. The van der Waals surface area contributed by atoms with Crippen molar-refractivity contribution >= 4 is 17.7 Å². The van der Waals surface area contributed by atoms with Crippen LogP contribution in [0.2, 0.25) is 0 Å². The molecule has 0 saturated carbocycles. The monoisotopic (exact) mass is 263 g/mol. The van der Waals surface area contributed by atoms with Crippen LogP contribution in [-0.2, 0) is 0 Å². The van der Waals surface area contributed by atoms with Crippen LogP contribution in [0.3, 0.4) is 0 Å². The zero-order valence-corrected chi connectivity index (χ0v) is 11.4. The van der Waals surface area contributed by atoms with E-state index < -0.39 is 0 Å². The summed E-state index contributed by atoms with van der Waals surface area (Å²) < 4.78 is 1.72. The summed E-state index contributed by atoms with van der Waals surface area (Å²) in [4.78, 5) is 0. The Balaban J connectivity index is 2.09. The second kappa shape index (κ2) is 6.39. The van der Waals surface area contributed by atoms with E-state index >= 15 is 0 Å². The Bertz CT molecular complexity index is 470. The Hall–Kier alpha value is -1.56. The summed E-state index contributed by atoms with van der Waals surface area (Å²) in [6, 6.07) is 10.2. The van der Waals surface area contributed by atoms with Gasteiger partial charge >= 0.3 is 0 Å². The number of aromatic nitrogens is 4. The molecule has 1 unspecified atom stereocenters. The van der Waals surface area contributed by atoms with Crippen LogP contribution in [0.15, 0.2) is 30.3 Å². The number of para-hydroxylation sites is 1. The smallest absolute Gasteiger partial charge is 0.247 e. The molecule has 1 N–H and O–H groups in total. The van der Waals surface area contributed by atoms with Gasteiger partial charge in [-0.05, 0) is 35.2 Å². The molecule has 0 saturated heterocycles. The van der Waals surface area contributed by atoms with Crippen LogP contribution in [0.1, 0.15) is 13.8 Å². The molecule has 0 amide bonds. The van der Waals surface area contributed by atoms with Crippen LogP contribution in [0.25, 0.3) is 5.69 Å². The third-order valence-corrected chi connectivity index (χ3v) is 3.56. The number of hydrogen-bond donors (Lipinski definition) is 1. The van der Waals surface area contributed by atoms with Gasteiger partial charge in [-0.2, -0.15) is 16.4 Å². The lowest BCUT2D eigenvalue weighted by atomic mass is 10.3. The normalized spacial score (nSPS) is 12.3. The van der Waals surface area contributed by atoms with Crippen molar-refractivity contribution in [3.05, 3.63) is 30.3 Å². The molecular weight excluding hydrogens is 246 g/mol. The number of anilines is 1. The fraction of sp³-hybridized carbons (Fsp3) is 0.417. The SMILES string of the molecule is CCSCC(C)Nc1nnnn1-c1ccccc1. The topological polar surface area (TPSA) is 55.6 Å². The van der Waals surface area contributed by atoms with Crippen molar-refractivity contribution in [3.8, 4) is 5.69 Å². The molecule has 0 fully saturated rings. The lowest BCUT2D eigenvalue weighted by molar-refractivity contribution is 0.783. The van der Waals surface area contributed by atoms with E-state index in [1.165, 1.54) is 0 Å². The summed E-state index contributed by atoms with van der Waals surface area (Å²) in [6.45, 7) is 4.29. The van der Waals surface area contributed by atoms with Crippen LogP contribution < -0.4 is 5.32 Å². The van der Waals surface area contributed by atoms with Crippen molar-refractivity contribution in [2.24, 2.45) is 0 Å². The minimum atomic E-state index is 0.336. The number of nitrogens with one attached hydrogen (secondary N) is 1. The Labute approximate surface area is 111 Å². The summed E-state index contributed by atoms with van der Waals surface area (Å²) >= 11 is 1.90. The predicted octanol–water partition coefficient (Wildman–Crippen LogP) is 2.22. The molecular formula is C12H17N5S. The van der Waals surface area contributed by atoms with Crippen molar-refractivity contribution in [1.29, 1.82) is 0 Å². The summed E-state index contributed by atoms with van der Waals surface area (Å²) in [5.74, 6) is 2.85. The second-order valence-corrected chi connectivity index (χ2v) is 5.27. The molecule has 2 rings (SSSR count). The van der Waals surface area contributed by atoms with E-state index in [0.717, 1.165) is 17.2 Å². The maximum absolute atomic E-state index is 4.02. The molecule has 18 heavy (non-hydrogen) atoms. The molecule has 0 aliphatic rings. The third-order valence-electron chi connectivity index (χ3n) is 2.42. The average Bonchev–Trinajstić information content (AvgIpc) is 2.85. The van der Waals surface area contributed by atoms with Crippen LogP contribution in [0.5, 0.6) is 0 Å². The van der Waals surface area contributed by atoms with E-state index in [4.69, 9.17) is 0 Å². The van der Waals surface area contributed by atoms with Crippen LogP contribution >= 0.6 is 11.8 Å². The highest BCUT2D eigenvalue weighted by molar-refractivity contribution is 7.99. The van der Waals surface area contributed by atoms with E-state index in [1.54, 1.807) is 4.68 Å². The van der Waals surface area contributed by atoms with Gasteiger partial charge in [0.25, 0.3) is 0 Å². The van der Waals surface area contributed by atoms with Gasteiger partial charge in [0.05, 0.1) is 5.69 Å². The fourth-order valence-corrected chi connectivity index (χ4v) is 2.25. The highest BCUT2D eigenvalue weighted by atomic mass is 32.2. The van der Waals surface area contributed by atoms with Gasteiger partial charge < -0.3 is 5.32 Å². The van der Waals surface area contributed by atoms with Gasteiger partial charge in [-0.3, -0.25) is 0 Å². The predicted molar refractivity (Wildman–Crippen MR) is 75.2 cm³/mol. The van der Waals surface area contributed by atoms with Gasteiger partial charge in [0, 0.05) is 11.8 Å². The molecule has 96 valence electrons. The molecule has 2 aromatic rings. The van der Waals surface area contributed by atoms with E-state index in [-0.39, 0.29) is 0 Å². The number of benzene rings is 1. The van der Waals surface area contributed by atoms with Gasteiger partial charge in [-0.1, -0.05) is 30.2 Å². The van der Waals surface area contributed by atoms with Gasteiger partial charge in [0.2, 0.25) is 5.95 Å². The van der Waals surface area contributed by atoms with E-state index in [1.807, 2.05) is 42.1 Å². The van der Waals surface area contributed by atoms with Crippen LogP contribution in [-0.4, -0.2) is 37.8 Å². The summed E-state index contributed by atoms with van der Waals surface area (Å²) in [6.07, 6.45) is 0. The Kier molecular flexibility index (Phi) is 4.58. The van der Waals surface area contributed by atoms with E-state index in [0.29, 0.717) is 12.0 Å². The van der Waals surface area contributed by atoms with Crippen molar-refractivity contribution in [1.82, 2.24) is 20.2 Å². The molecule has 6 heteroatoms. The quantitative estimate of drug-likeness (QED) is 0.866. The fourth-order valence-electron chi connectivity index (χ4n) is 1.58. The highest BCUT2D eigenvalue weighted by Crippen LogP contribution is 2.12. The molecule has 0 aliphatic carbocycles. The second-order valence-electron chi connectivity index (χ2n) is 3.95. The number of rotatable bonds is 6. The van der Waals surface area contributed by atoms with Crippen molar-refractivity contribution in [2.45, 2.75) is 19.9 Å². The first-order valence-corrected chi connectivity index (χ1v) is 7.14. The molecule has 1 aromatic heterocycles. The molecule has 1 heterocycles. The summed E-state index contributed by atoms with van der Waals surface area (Å²) in [5.41, 5.74) is 0.959. The first-order chi connectivity index (χ1) is 8.81. The van der Waals surface area contributed by atoms with Crippen molar-refractivity contribution in [2.75, 3.05) is 16.8 Å². The van der Waals surface area contributed by atoms with Gasteiger partial charge in [0.15, 0.2) is 0 Å². The van der Waals surface area contributed by atoms with Crippen molar-refractivity contribution < 1.29 is 0 Å². The van der Waals surface area contributed by atoms with Crippen molar-refractivity contribution in [3.63, 3.8) is 0 Å². The van der Waals surface area contributed by atoms with Gasteiger partial charge in [-0.25, -0.2) is 0 Å². The molecule has 0 aliphatic heterocycles. The molecule has 0 radical (unpaired) electrons. The molecule has 1 atom stereocenters. The zero-order chi connectivity index (χ0) is 12.8. The molecule has 0 spiro atoms. The van der Waals surface area contributed by atoms with E-state index in [2.05, 4.69) is 34.7 Å². The maximum Gasteiger partial charge on any atom is 0.247 e. The third kappa shape index (κ3) is 3.22. The number of nitrogens with zero attached hydrogens (tertiary/aromatic N) is 4. The Morgan fingerprint density at radius 3 is 2.83 bits per heavy atom. The summed E-state index contributed by atoms with van der Waals surface area (Å²) in [5, 5.41) is 15.1. The lowest BCUT2D eigenvalue weighted by Gasteiger charge is -2.13. The zero-order valence-electron chi connectivity index (χ0n) is 10.6.